The van der Waals surface area contributed by atoms with Crippen LogP contribution in [0.1, 0.15) is 57.4 Å². The van der Waals surface area contributed by atoms with Crippen molar-refractivity contribution in [1.82, 2.24) is 34.8 Å². The highest BCUT2D eigenvalue weighted by molar-refractivity contribution is 6.35. The van der Waals surface area contributed by atoms with Crippen LogP contribution in [0.2, 0.25) is 5.15 Å². The number of halogens is 1. The van der Waals surface area contributed by atoms with Crippen LogP contribution in [0.4, 0.5) is 17.5 Å². The summed E-state index contributed by atoms with van der Waals surface area (Å²) in [7, 11) is 0. The van der Waals surface area contributed by atoms with Crippen LogP contribution in [0, 0.1) is 17.2 Å². The number of hydrogen-bond acceptors (Lipinski definition) is 8. The number of allylic oxidation sites excluding steroid dienone is 1. The summed E-state index contributed by atoms with van der Waals surface area (Å²) in [4.78, 5) is 24.2. The summed E-state index contributed by atoms with van der Waals surface area (Å²) in [6, 6.07) is 2.57. The number of hydrogen-bond donors (Lipinski definition) is 3. The largest absolute Gasteiger partial charge is 0.365 e. The summed E-state index contributed by atoms with van der Waals surface area (Å²) in [6.07, 6.45) is 14.0. The van der Waals surface area contributed by atoms with Gasteiger partial charge in [-0.3, -0.25) is 14.6 Å². The molecule has 1 aliphatic heterocycles. The van der Waals surface area contributed by atoms with Crippen LogP contribution in [0.15, 0.2) is 24.0 Å². The molecule has 192 valence electrons. The van der Waals surface area contributed by atoms with Crippen LogP contribution in [0.5, 0.6) is 0 Å². The number of carbonyl (C=O) groups excluding carboxylic acids is 1. The van der Waals surface area contributed by atoms with Gasteiger partial charge in [-0.15, -0.1) is 0 Å². The van der Waals surface area contributed by atoms with Crippen molar-refractivity contribution in [2.24, 2.45) is 5.92 Å². The second kappa shape index (κ2) is 10.0. The molecule has 0 radical (unpaired) electrons. The highest BCUT2D eigenvalue weighted by Crippen LogP contribution is 2.35. The number of nitriles is 1. The summed E-state index contributed by atoms with van der Waals surface area (Å²) < 4.78 is 1.96. The molecule has 0 unspecified atom stereocenters. The zero-order chi connectivity index (χ0) is 25.4. The van der Waals surface area contributed by atoms with E-state index in [9.17, 15) is 10.1 Å². The molecule has 11 nitrogen and oxygen atoms in total. The van der Waals surface area contributed by atoms with Gasteiger partial charge in [0.1, 0.15) is 22.8 Å². The number of rotatable bonds is 7. The third-order valence-corrected chi connectivity index (χ3v) is 7.63. The van der Waals surface area contributed by atoms with Gasteiger partial charge in [-0.25, -0.2) is 0 Å². The number of fused-ring (bicyclic) bond motifs is 1. The normalized spacial score (nSPS) is 20.8. The number of anilines is 3. The average Bonchev–Trinajstić information content (AvgIpc) is 3.25. The minimum Gasteiger partial charge on any atom is -0.365 e. The van der Waals surface area contributed by atoms with E-state index in [1.54, 1.807) is 11.1 Å². The molecule has 1 atom stereocenters. The molecule has 4 heterocycles. The quantitative estimate of drug-likeness (QED) is 0.309. The third kappa shape index (κ3) is 5.11. The molecule has 2 aliphatic carbocycles. The van der Waals surface area contributed by atoms with Crippen LogP contribution in [-0.4, -0.2) is 59.9 Å². The Morgan fingerprint density at radius 1 is 1.19 bits per heavy atom. The molecule has 0 aromatic carbocycles. The van der Waals surface area contributed by atoms with Crippen LogP contribution >= 0.6 is 11.6 Å². The fourth-order valence-electron chi connectivity index (χ4n) is 5.29. The summed E-state index contributed by atoms with van der Waals surface area (Å²) in [5.41, 5.74) is 1.57. The van der Waals surface area contributed by atoms with Crippen LogP contribution in [0.25, 0.3) is 11.0 Å². The third-order valence-electron chi connectivity index (χ3n) is 7.36. The molecule has 3 aromatic rings. The second-order valence-corrected chi connectivity index (χ2v) is 10.5. The van der Waals surface area contributed by atoms with E-state index < -0.39 is 0 Å². The molecule has 3 N–H and O–H groups in total. The standard InChI is InChI=1S/C25H29ClN10O/c26-21-20-22(31-25(32-23(20)34-33-21)30-18-12-28-36(14-18)19-7-8-19)29-17-6-3-9-35(13-17)24(37)16(11-27)10-15-4-1-2-5-15/h10,12,14-15,17,19H,1-9,13H2,(H3,29,30,31,32,33,34)/b16-10+/t17-/m1/s1. The Bertz CT molecular complexity index is 1380. The van der Waals surface area contributed by atoms with Crippen molar-refractivity contribution in [3.8, 4) is 6.07 Å². The minimum atomic E-state index is -0.190. The zero-order valence-electron chi connectivity index (χ0n) is 20.5. The number of H-pyrrole nitrogens is 1. The van der Waals surface area contributed by atoms with Gasteiger partial charge >= 0.3 is 0 Å². The fourth-order valence-corrected chi connectivity index (χ4v) is 5.51. The molecule has 0 spiro atoms. The van der Waals surface area contributed by atoms with Gasteiger partial charge < -0.3 is 15.5 Å². The molecule has 2 saturated carbocycles. The molecule has 1 saturated heterocycles. The van der Waals surface area contributed by atoms with E-state index in [0.29, 0.717) is 47.8 Å². The molecule has 37 heavy (non-hydrogen) atoms. The lowest BCUT2D eigenvalue weighted by atomic mass is 10.0. The van der Waals surface area contributed by atoms with E-state index >= 15 is 0 Å². The van der Waals surface area contributed by atoms with E-state index in [1.165, 1.54) is 0 Å². The van der Waals surface area contributed by atoms with Crippen molar-refractivity contribution in [1.29, 1.82) is 5.26 Å². The lowest BCUT2D eigenvalue weighted by Crippen LogP contribution is -2.45. The number of aromatic amines is 1. The van der Waals surface area contributed by atoms with Gasteiger partial charge in [-0.05, 0) is 44.4 Å². The van der Waals surface area contributed by atoms with Crippen LogP contribution < -0.4 is 10.6 Å². The van der Waals surface area contributed by atoms with Crippen molar-refractivity contribution < 1.29 is 4.79 Å². The smallest absolute Gasteiger partial charge is 0.264 e. The Morgan fingerprint density at radius 2 is 2.03 bits per heavy atom. The monoisotopic (exact) mass is 520 g/mol. The first kappa shape index (κ1) is 23.7. The number of amides is 1. The van der Waals surface area contributed by atoms with Crippen molar-refractivity contribution in [3.05, 3.63) is 29.2 Å². The first-order valence-electron chi connectivity index (χ1n) is 13.0. The van der Waals surface area contributed by atoms with E-state index in [1.807, 2.05) is 17.0 Å². The summed E-state index contributed by atoms with van der Waals surface area (Å²) in [5.74, 6) is 1.07. The van der Waals surface area contributed by atoms with Crippen LogP contribution in [0.3, 0.4) is 0 Å². The molecule has 3 aromatic heterocycles. The Hall–Kier alpha value is -3.65. The first-order chi connectivity index (χ1) is 18.1. The number of likely N-dealkylation sites (tertiary alicyclic amines) is 1. The Kier molecular flexibility index (Phi) is 6.42. The van der Waals surface area contributed by atoms with Crippen molar-refractivity contribution in [2.45, 2.75) is 63.5 Å². The summed E-state index contributed by atoms with van der Waals surface area (Å²) >= 11 is 6.37. The Balaban J connectivity index is 1.20. The maximum absolute atomic E-state index is 13.2. The summed E-state index contributed by atoms with van der Waals surface area (Å²) in [5, 5.41) is 28.6. The molecular formula is C25H29ClN10O. The number of aromatic nitrogens is 6. The molecule has 0 bridgehead atoms. The topological polar surface area (TPSA) is 140 Å². The number of nitrogens with zero attached hydrogens (tertiary/aromatic N) is 7. The molecule has 3 fully saturated rings. The molecule has 12 heteroatoms. The summed E-state index contributed by atoms with van der Waals surface area (Å²) in [6.45, 7) is 1.10. The van der Waals surface area contributed by atoms with E-state index in [0.717, 1.165) is 57.1 Å². The van der Waals surface area contributed by atoms with Gasteiger partial charge in [0.25, 0.3) is 5.91 Å². The van der Waals surface area contributed by atoms with Gasteiger partial charge in [0, 0.05) is 25.3 Å². The van der Waals surface area contributed by atoms with Crippen LogP contribution in [-0.2, 0) is 4.79 Å². The lowest BCUT2D eigenvalue weighted by Gasteiger charge is -2.33. The molecular weight excluding hydrogens is 492 g/mol. The average molecular weight is 521 g/mol. The Morgan fingerprint density at radius 3 is 2.81 bits per heavy atom. The van der Waals surface area contributed by atoms with Gasteiger partial charge in [-0.2, -0.15) is 25.4 Å². The number of piperidine rings is 1. The van der Waals surface area contributed by atoms with Gasteiger partial charge in [0.2, 0.25) is 5.95 Å². The lowest BCUT2D eigenvalue weighted by molar-refractivity contribution is -0.127. The van der Waals surface area contributed by atoms with Crippen molar-refractivity contribution >= 4 is 46.0 Å². The Labute approximate surface area is 219 Å². The van der Waals surface area contributed by atoms with Crippen molar-refractivity contribution in [3.63, 3.8) is 0 Å². The number of carbonyl (C=O) groups is 1. The number of nitrogens with one attached hydrogen (secondary N) is 3. The highest BCUT2D eigenvalue weighted by atomic mass is 35.5. The van der Waals surface area contributed by atoms with Gasteiger partial charge in [-0.1, -0.05) is 30.5 Å². The van der Waals surface area contributed by atoms with E-state index in [2.05, 4.69) is 37.0 Å². The fraction of sp³-hybridized carbons (Fsp3) is 0.520. The van der Waals surface area contributed by atoms with E-state index in [4.69, 9.17) is 16.6 Å². The van der Waals surface area contributed by atoms with Gasteiger partial charge in [0.15, 0.2) is 10.8 Å². The second-order valence-electron chi connectivity index (χ2n) is 10.2. The van der Waals surface area contributed by atoms with Crippen molar-refractivity contribution in [2.75, 3.05) is 23.7 Å². The predicted octanol–water partition coefficient (Wildman–Crippen LogP) is 4.32. The van der Waals surface area contributed by atoms with Gasteiger partial charge in [0.05, 0.1) is 17.9 Å². The zero-order valence-corrected chi connectivity index (χ0v) is 21.2. The molecule has 6 rings (SSSR count). The first-order valence-corrected chi connectivity index (χ1v) is 13.4. The predicted molar refractivity (Wildman–Crippen MR) is 139 cm³/mol. The molecule has 3 aliphatic rings. The van der Waals surface area contributed by atoms with E-state index in [-0.39, 0.29) is 22.7 Å². The SMILES string of the molecule is N#C/C(=C\C1CCCC1)C(=O)N1CCC[C@@H](Nc2nc(Nc3cnn(C4CC4)c3)nc3[nH]nc(Cl)c23)C1. The maximum Gasteiger partial charge on any atom is 0.264 e. The highest BCUT2D eigenvalue weighted by Gasteiger charge is 2.28. The minimum absolute atomic E-state index is 0.0568. The molecule has 1 amide bonds. The maximum atomic E-state index is 13.2.